The van der Waals surface area contributed by atoms with Gasteiger partial charge in [-0.2, -0.15) is 0 Å². The highest BCUT2D eigenvalue weighted by atomic mass is 15.2. The van der Waals surface area contributed by atoms with Crippen molar-refractivity contribution in [3.8, 4) is 0 Å². The second-order valence-electron chi connectivity index (χ2n) is 4.19. The number of aryl methyl sites for hydroxylation is 1. The molecule has 1 aromatic heterocycles. The van der Waals surface area contributed by atoms with Crippen LogP contribution in [0.1, 0.15) is 39.3 Å². The summed E-state index contributed by atoms with van der Waals surface area (Å²) < 4.78 is 0. The van der Waals surface area contributed by atoms with Crippen LogP contribution in [0.5, 0.6) is 0 Å². The van der Waals surface area contributed by atoms with Crippen molar-refractivity contribution < 1.29 is 0 Å². The Labute approximate surface area is 98.9 Å². The van der Waals surface area contributed by atoms with E-state index in [1.54, 1.807) is 6.20 Å². The minimum Gasteiger partial charge on any atom is -0.355 e. The van der Waals surface area contributed by atoms with Crippen LogP contribution < -0.4 is 4.90 Å². The molecular formula is C13H23N3. The molecule has 0 radical (unpaired) electrons. The van der Waals surface area contributed by atoms with Crippen molar-refractivity contribution in [2.45, 2.75) is 40.5 Å². The lowest BCUT2D eigenvalue weighted by molar-refractivity contribution is 0.436. The Morgan fingerprint density at radius 2 is 1.81 bits per heavy atom. The molecule has 0 aliphatic carbocycles. The van der Waals surface area contributed by atoms with Crippen molar-refractivity contribution >= 4 is 5.82 Å². The molecule has 2 rings (SSSR count). The summed E-state index contributed by atoms with van der Waals surface area (Å²) in [5, 5.41) is 0. The van der Waals surface area contributed by atoms with Crippen molar-refractivity contribution in [2.75, 3.05) is 18.0 Å². The smallest absolute Gasteiger partial charge is 0.147 e. The molecule has 0 saturated carbocycles. The molecule has 0 atom stereocenters. The van der Waals surface area contributed by atoms with Gasteiger partial charge in [0.05, 0.1) is 11.9 Å². The molecule has 0 N–H and O–H groups in total. The van der Waals surface area contributed by atoms with Crippen molar-refractivity contribution in [3.63, 3.8) is 0 Å². The maximum Gasteiger partial charge on any atom is 0.147 e. The van der Waals surface area contributed by atoms with Gasteiger partial charge in [-0.05, 0) is 25.7 Å². The summed E-state index contributed by atoms with van der Waals surface area (Å²) in [6.45, 7) is 10.6. The van der Waals surface area contributed by atoms with Crippen LogP contribution >= 0.6 is 0 Å². The molecule has 1 saturated heterocycles. The van der Waals surface area contributed by atoms with Crippen LogP contribution in [0.2, 0.25) is 0 Å². The SMILES string of the molecule is CC.Cc1cncc(N2CCC(C)CC2)n1. The largest absolute Gasteiger partial charge is 0.355 e. The molecule has 16 heavy (non-hydrogen) atoms. The summed E-state index contributed by atoms with van der Waals surface area (Å²) in [6.07, 6.45) is 6.21. The van der Waals surface area contributed by atoms with Crippen LogP contribution in [0.25, 0.3) is 0 Å². The molecule has 90 valence electrons. The summed E-state index contributed by atoms with van der Waals surface area (Å²) in [4.78, 5) is 11.0. The van der Waals surface area contributed by atoms with Crippen LogP contribution in [0, 0.1) is 12.8 Å². The fraction of sp³-hybridized carbons (Fsp3) is 0.692. The predicted octanol–water partition coefficient (Wildman–Crippen LogP) is 3.05. The van der Waals surface area contributed by atoms with Crippen molar-refractivity contribution in [1.82, 2.24) is 9.97 Å². The van der Waals surface area contributed by atoms with E-state index in [0.717, 1.165) is 30.5 Å². The zero-order valence-corrected chi connectivity index (χ0v) is 10.9. The molecule has 1 fully saturated rings. The van der Waals surface area contributed by atoms with Crippen LogP contribution in [0.15, 0.2) is 12.4 Å². The Morgan fingerprint density at radius 1 is 1.19 bits per heavy atom. The third kappa shape index (κ3) is 3.47. The molecule has 1 aromatic rings. The van der Waals surface area contributed by atoms with E-state index in [2.05, 4.69) is 21.8 Å². The molecule has 0 bridgehead atoms. The van der Waals surface area contributed by atoms with E-state index in [4.69, 9.17) is 0 Å². The van der Waals surface area contributed by atoms with E-state index in [9.17, 15) is 0 Å². The maximum atomic E-state index is 4.49. The second-order valence-corrected chi connectivity index (χ2v) is 4.19. The van der Waals surface area contributed by atoms with Crippen LogP contribution in [-0.4, -0.2) is 23.1 Å². The molecular weight excluding hydrogens is 198 g/mol. The van der Waals surface area contributed by atoms with E-state index in [0.29, 0.717) is 0 Å². The van der Waals surface area contributed by atoms with E-state index in [-0.39, 0.29) is 0 Å². The average Bonchev–Trinajstić information content (AvgIpc) is 2.32. The number of hydrogen-bond donors (Lipinski definition) is 0. The van der Waals surface area contributed by atoms with Crippen molar-refractivity contribution in [1.29, 1.82) is 0 Å². The monoisotopic (exact) mass is 221 g/mol. The lowest BCUT2D eigenvalue weighted by Gasteiger charge is -2.30. The van der Waals surface area contributed by atoms with Gasteiger partial charge in [0.15, 0.2) is 0 Å². The first-order chi connectivity index (χ1) is 7.75. The van der Waals surface area contributed by atoms with Gasteiger partial charge < -0.3 is 4.90 Å². The van der Waals surface area contributed by atoms with Gasteiger partial charge in [-0.25, -0.2) is 4.98 Å². The average molecular weight is 221 g/mol. The first kappa shape index (κ1) is 12.9. The first-order valence-corrected chi connectivity index (χ1v) is 6.29. The quantitative estimate of drug-likeness (QED) is 0.730. The summed E-state index contributed by atoms with van der Waals surface area (Å²) in [7, 11) is 0. The first-order valence-electron chi connectivity index (χ1n) is 6.29. The third-order valence-corrected chi connectivity index (χ3v) is 2.85. The lowest BCUT2D eigenvalue weighted by atomic mass is 9.99. The van der Waals surface area contributed by atoms with Gasteiger partial charge in [0.1, 0.15) is 5.82 Å². The molecule has 0 aromatic carbocycles. The summed E-state index contributed by atoms with van der Waals surface area (Å²) in [6, 6.07) is 0. The molecule has 3 heteroatoms. The zero-order chi connectivity index (χ0) is 12.0. The van der Waals surface area contributed by atoms with Gasteiger partial charge in [-0.15, -0.1) is 0 Å². The molecule has 0 amide bonds. The molecule has 0 spiro atoms. The molecule has 3 nitrogen and oxygen atoms in total. The molecule has 2 heterocycles. The van der Waals surface area contributed by atoms with Gasteiger partial charge in [0.2, 0.25) is 0 Å². The molecule has 0 unspecified atom stereocenters. The van der Waals surface area contributed by atoms with Crippen LogP contribution in [0.4, 0.5) is 5.82 Å². The number of anilines is 1. The highest BCUT2D eigenvalue weighted by Crippen LogP contribution is 2.20. The third-order valence-electron chi connectivity index (χ3n) is 2.85. The molecule has 1 aliphatic heterocycles. The number of nitrogens with zero attached hydrogens (tertiary/aromatic N) is 3. The fourth-order valence-electron chi connectivity index (χ4n) is 1.84. The Hall–Kier alpha value is -1.12. The summed E-state index contributed by atoms with van der Waals surface area (Å²) in [5.41, 5.74) is 1.00. The Bertz CT molecular complexity index is 304. The van der Waals surface area contributed by atoms with E-state index in [1.165, 1.54) is 12.8 Å². The predicted molar refractivity (Wildman–Crippen MR) is 68.7 cm³/mol. The van der Waals surface area contributed by atoms with E-state index >= 15 is 0 Å². The Kier molecular flexibility index (Phi) is 5.23. The number of piperidine rings is 1. The second kappa shape index (κ2) is 6.46. The lowest BCUT2D eigenvalue weighted by Crippen LogP contribution is -2.33. The highest BCUT2D eigenvalue weighted by molar-refractivity contribution is 5.36. The number of aromatic nitrogens is 2. The van der Waals surface area contributed by atoms with Crippen molar-refractivity contribution in [3.05, 3.63) is 18.1 Å². The highest BCUT2D eigenvalue weighted by Gasteiger charge is 2.16. The minimum absolute atomic E-state index is 0.865. The standard InChI is InChI=1S/C11H17N3.C2H6/c1-9-3-5-14(6-4-9)11-8-12-7-10(2)13-11;1-2/h7-9H,3-6H2,1-2H3;1-2H3. The van der Waals surface area contributed by atoms with Gasteiger partial charge in [0.25, 0.3) is 0 Å². The number of hydrogen-bond acceptors (Lipinski definition) is 3. The van der Waals surface area contributed by atoms with Gasteiger partial charge in [-0.3, -0.25) is 4.98 Å². The topological polar surface area (TPSA) is 29.0 Å². The van der Waals surface area contributed by atoms with E-state index < -0.39 is 0 Å². The maximum absolute atomic E-state index is 4.49. The zero-order valence-electron chi connectivity index (χ0n) is 10.9. The van der Waals surface area contributed by atoms with Crippen LogP contribution in [-0.2, 0) is 0 Å². The fourth-order valence-corrected chi connectivity index (χ4v) is 1.84. The summed E-state index contributed by atoms with van der Waals surface area (Å²) in [5.74, 6) is 1.90. The Balaban J connectivity index is 0.000000606. The van der Waals surface area contributed by atoms with E-state index in [1.807, 2.05) is 27.0 Å². The summed E-state index contributed by atoms with van der Waals surface area (Å²) >= 11 is 0. The normalized spacial score (nSPS) is 16.6. The minimum atomic E-state index is 0.865. The van der Waals surface area contributed by atoms with Gasteiger partial charge in [0, 0.05) is 19.3 Å². The van der Waals surface area contributed by atoms with Gasteiger partial charge >= 0.3 is 0 Å². The van der Waals surface area contributed by atoms with Crippen LogP contribution in [0.3, 0.4) is 0 Å². The van der Waals surface area contributed by atoms with Crippen molar-refractivity contribution in [2.24, 2.45) is 5.92 Å². The Morgan fingerprint density at radius 3 is 2.38 bits per heavy atom. The number of rotatable bonds is 1. The van der Waals surface area contributed by atoms with Gasteiger partial charge in [-0.1, -0.05) is 20.8 Å². The molecule has 1 aliphatic rings.